The molecule has 0 bridgehead atoms. The molecule has 1 rings (SSSR count). The smallest absolute Gasteiger partial charge is 0.309 e. The maximum atomic E-state index is 11.1. The van der Waals surface area contributed by atoms with Gasteiger partial charge in [0.2, 0.25) is 5.75 Å². The summed E-state index contributed by atoms with van der Waals surface area (Å²) in [6.07, 6.45) is 6.11. The second kappa shape index (κ2) is 11.1. The number of carbonyl (C=O) groups excluding carboxylic acids is 1. The van der Waals surface area contributed by atoms with E-state index in [9.17, 15) is 24.9 Å². The Balaban J connectivity index is 2.62. The zero-order valence-corrected chi connectivity index (χ0v) is 18.5. The van der Waals surface area contributed by atoms with Crippen molar-refractivity contribution in [3.8, 4) is 17.2 Å². The van der Waals surface area contributed by atoms with Crippen molar-refractivity contribution in [1.29, 1.82) is 0 Å². The van der Waals surface area contributed by atoms with Crippen molar-refractivity contribution in [2.75, 3.05) is 0 Å². The van der Waals surface area contributed by atoms with Crippen molar-refractivity contribution in [1.82, 2.24) is 0 Å². The largest absolute Gasteiger partial charge is 0.504 e. The molecule has 0 amide bonds. The Hall–Kier alpha value is -2.44. The SMILES string of the molecule is CC(C)(CCCCc1cc(CCCCCC(C)(C)C(=O)O)c(O)c(O)c1O)OC=O. The van der Waals surface area contributed by atoms with E-state index in [1.54, 1.807) is 19.9 Å². The Labute approximate surface area is 178 Å². The third-order valence-electron chi connectivity index (χ3n) is 5.57. The molecule has 0 aromatic heterocycles. The second-order valence-corrected chi connectivity index (χ2v) is 9.17. The van der Waals surface area contributed by atoms with Crippen molar-refractivity contribution in [2.24, 2.45) is 5.41 Å². The number of unbranched alkanes of at least 4 members (excludes halogenated alkanes) is 3. The lowest BCUT2D eigenvalue weighted by molar-refractivity contribution is -0.147. The third-order valence-corrected chi connectivity index (χ3v) is 5.57. The molecule has 170 valence electrons. The third kappa shape index (κ3) is 7.76. The number of benzene rings is 1. The second-order valence-electron chi connectivity index (χ2n) is 9.17. The molecule has 0 atom stereocenters. The average Bonchev–Trinajstić information content (AvgIpc) is 2.65. The monoisotopic (exact) mass is 424 g/mol. The van der Waals surface area contributed by atoms with Crippen molar-refractivity contribution in [3.05, 3.63) is 17.2 Å². The van der Waals surface area contributed by atoms with Crippen LogP contribution in [0.3, 0.4) is 0 Å². The van der Waals surface area contributed by atoms with Crippen molar-refractivity contribution < 1.29 is 34.8 Å². The van der Waals surface area contributed by atoms with Crippen LogP contribution in [0.2, 0.25) is 0 Å². The number of hydrogen-bond donors (Lipinski definition) is 4. The van der Waals surface area contributed by atoms with Gasteiger partial charge in [0.05, 0.1) is 5.41 Å². The van der Waals surface area contributed by atoms with Crippen LogP contribution in [0.15, 0.2) is 6.07 Å². The highest BCUT2D eigenvalue weighted by molar-refractivity contribution is 5.73. The predicted molar refractivity (Wildman–Crippen MR) is 114 cm³/mol. The first kappa shape index (κ1) is 25.6. The molecule has 7 nitrogen and oxygen atoms in total. The molecular weight excluding hydrogens is 388 g/mol. The van der Waals surface area contributed by atoms with E-state index in [0.29, 0.717) is 43.3 Å². The summed E-state index contributed by atoms with van der Waals surface area (Å²) in [5.41, 5.74) is -0.151. The first-order valence-electron chi connectivity index (χ1n) is 10.5. The van der Waals surface area contributed by atoms with E-state index in [1.807, 2.05) is 13.8 Å². The van der Waals surface area contributed by atoms with Crippen LogP contribution in [0.4, 0.5) is 0 Å². The van der Waals surface area contributed by atoms with E-state index in [1.165, 1.54) is 0 Å². The number of ether oxygens (including phenoxy) is 1. The molecule has 30 heavy (non-hydrogen) atoms. The normalized spacial score (nSPS) is 12.0. The Kier molecular flexibility index (Phi) is 9.46. The fraction of sp³-hybridized carbons (Fsp3) is 0.652. The van der Waals surface area contributed by atoms with E-state index in [-0.39, 0.29) is 11.5 Å². The summed E-state index contributed by atoms with van der Waals surface area (Å²) in [5, 5.41) is 39.5. The molecule has 0 aliphatic heterocycles. The molecule has 0 saturated carbocycles. The molecule has 4 N–H and O–H groups in total. The van der Waals surface area contributed by atoms with Crippen LogP contribution in [-0.2, 0) is 27.2 Å². The Morgan fingerprint density at radius 3 is 1.87 bits per heavy atom. The summed E-state index contributed by atoms with van der Waals surface area (Å²) >= 11 is 0. The lowest BCUT2D eigenvalue weighted by Crippen LogP contribution is -2.23. The minimum Gasteiger partial charge on any atom is -0.504 e. The van der Waals surface area contributed by atoms with Crippen molar-refractivity contribution in [3.63, 3.8) is 0 Å². The maximum Gasteiger partial charge on any atom is 0.309 e. The Bertz CT molecular complexity index is 723. The van der Waals surface area contributed by atoms with E-state index in [2.05, 4.69) is 0 Å². The number of rotatable bonds is 14. The van der Waals surface area contributed by atoms with Gasteiger partial charge in [-0.3, -0.25) is 9.59 Å². The summed E-state index contributed by atoms with van der Waals surface area (Å²) in [6.45, 7) is 7.52. The summed E-state index contributed by atoms with van der Waals surface area (Å²) in [4.78, 5) is 21.6. The molecule has 0 heterocycles. The summed E-state index contributed by atoms with van der Waals surface area (Å²) in [6, 6.07) is 1.72. The van der Waals surface area contributed by atoms with Crippen LogP contribution in [0.1, 0.15) is 83.8 Å². The number of aromatic hydroxyl groups is 3. The van der Waals surface area contributed by atoms with Gasteiger partial charge in [0.15, 0.2) is 11.5 Å². The highest BCUT2D eigenvalue weighted by Gasteiger charge is 2.26. The average molecular weight is 425 g/mol. The zero-order chi connectivity index (χ0) is 22.9. The fourth-order valence-electron chi connectivity index (χ4n) is 3.37. The first-order chi connectivity index (χ1) is 13.9. The van der Waals surface area contributed by atoms with Crippen LogP contribution >= 0.6 is 0 Å². The molecule has 1 aromatic rings. The highest BCUT2D eigenvalue weighted by Crippen LogP contribution is 2.41. The summed E-state index contributed by atoms with van der Waals surface area (Å²) < 4.78 is 5.02. The predicted octanol–water partition coefficient (Wildman–Crippen LogP) is 4.68. The number of phenolic OH excluding ortho intramolecular Hbond substituents is 3. The molecule has 0 aliphatic carbocycles. The lowest BCUT2D eigenvalue weighted by Gasteiger charge is -2.22. The van der Waals surface area contributed by atoms with E-state index in [0.717, 1.165) is 32.1 Å². The quantitative estimate of drug-likeness (QED) is 0.194. The van der Waals surface area contributed by atoms with E-state index in [4.69, 9.17) is 9.84 Å². The standard InChI is InChI=1S/C23H36O7/c1-22(2,21(28)29)12-8-5-6-10-16-14-17(19(26)20(27)18(16)25)11-7-9-13-23(3,4)30-15-24/h14-15,25-27H,5-13H2,1-4H3,(H,28,29). The van der Waals surface area contributed by atoms with Gasteiger partial charge < -0.3 is 25.2 Å². The van der Waals surface area contributed by atoms with Crippen LogP contribution < -0.4 is 0 Å². The van der Waals surface area contributed by atoms with Crippen LogP contribution in [0.25, 0.3) is 0 Å². The number of carbonyl (C=O) groups is 2. The van der Waals surface area contributed by atoms with Crippen LogP contribution in [0.5, 0.6) is 17.2 Å². The van der Waals surface area contributed by atoms with Crippen molar-refractivity contribution >= 4 is 12.4 Å². The number of carboxylic acid groups (broad SMARTS) is 1. The van der Waals surface area contributed by atoms with Crippen LogP contribution in [0, 0.1) is 5.41 Å². The molecule has 0 aliphatic rings. The number of carboxylic acids is 1. The van der Waals surface area contributed by atoms with Gasteiger partial charge in [-0.2, -0.15) is 0 Å². The maximum absolute atomic E-state index is 11.1. The molecule has 0 fully saturated rings. The molecule has 7 heteroatoms. The first-order valence-corrected chi connectivity index (χ1v) is 10.5. The Morgan fingerprint density at radius 1 is 0.867 bits per heavy atom. The summed E-state index contributed by atoms with van der Waals surface area (Å²) in [5.74, 6) is -1.92. The Morgan fingerprint density at radius 2 is 1.37 bits per heavy atom. The van der Waals surface area contributed by atoms with Crippen LogP contribution in [-0.4, -0.2) is 38.5 Å². The van der Waals surface area contributed by atoms with Gasteiger partial charge in [-0.05, 0) is 89.8 Å². The lowest BCUT2D eigenvalue weighted by atomic mass is 9.87. The van der Waals surface area contributed by atoms with E-state index < -0.39 is 22.7 Å². The van der Waals surface area contributed by atoms with Gasteiger partial charge in [0, 0.05) is 0 Å². The van der Waals surface area contributed by atoms with Gasteiger partial charge in [-0.1, -0.05) is 12.8 Å². The topological polar surface area (TPSA) is 124 Å². The minimum atomic E-state index is -0.811. The molecule has 0 radical (unpaired) electrons. The molecule has 1 aromatic carbocycles. The zero-order valence-electron chi connectivity index (χ0n) is 18.5. The number of hydrogen-bond acceptors (Lipinski definition) is 6. The molecule has 0 unspecified atom stereocenters. The van der Waals surface area contributed by atoms with Gasteiger partial charge >= 0.3 is 5.97 Å². The van der Waals surface area contributed by atoms with Gasteiger partial charge in [-0.25, -0.2) is 0 Å². The number of aliphatic carboxylic acids is 1. The van der Waals surface area contributed by atoms with Gasteiger partial charge in [0.25, 0.3) is 6.47 Å². The number of phenols is 3. The molecule has 0 saturated heterocycles. The van der Waals surface area contributed by atoms with E-state index >= 15 is 0 Å². The molecular formula is C23H36O7. The molecule has 0 spiro atoms. The van der Waals surface area contributed by atoms with Gasteiger partial charge in [0.1, 0.15) is 5.60 Å². The van der Waals surface area contributed by atoms with Gasteiger partial charge in [-0.15, -0.1) is 0 Å². The fourth-order valence-corrected chi connectivity index (χ4v) is 3.37. The minimum absolute atomic E-state index is 0.303. The number of aryl methyl sites for hydroxylation is 2. The highest BCUT2D eigenvalue weighted by atomic mass is 16.5. The summed E-state index contributed by atoms with van der Waals surface area (Å²) in [7, 11) is 0. The van der Waals surface area contributed by atoms with Crippen molar-refractivity contribution in [2.45, 2.75) is 91.1 Å².